The standard InChI is InChI=1S/C16H28N2/c1-5-17-11-10-15-6-8-16(9-7-15)13-18(4)12-14(2)3/h6-9,14,17H,5,10-13H2,1-4H3. The lowest BCUT2D eigenvalue weighted by molar-refractivity contribution is 0.288. The van der Waals surface area contributed by atoms with Gasteiger partial charge in [-0.25, -0.2) is 0 Å². The topological polar surface area (TPSA) is 15.3 Å². The van der Waals surface area contributed by atoms with Crippen molar-refractivity contribution in [2.75, 3.05) is 26.7 Å². The Bertz CT molecular complexity index is 316. The molecule has 0 unspecified atom stereocenters. The molecule has 0 aromatic heterocycles. The Hall–Kier alpha value is -0.860. The molecule has 0 aliphatic rings. The first-order chi connectivity index (χ1) is 8.61. The van der Waals surface area contributed by atoms with E-state index in [-0.39, 0.29) is 0 Å². The third kappa shape index (κ3) is 6.18. The Morgan fingerprint density at radius 2 is 1.72 bits per heavy atom. The predicted molar refractivity (Wildman–Crippen MR) is 79.9 cm³/mol. The molecule has 102 valence electrons. The first kappa shape index (κ1) is 15.2. The SMILES string of the molecule is CCNCCc1ccc(CN(C)CC(C)C)cc1. The van der Waals surface area contributed by atoms with Crippen molar-refractivity contribution < 1.29 is 0 Å². The van der Waals surface area contributed by atoms with Crippen LogP contribution in [-0.2, 0) is 13.0 Å². The molecular weight excluding hydrogens is 220 g/mol. The number of likely N-dealkylation sites (N-methyl/N-ethyl adjacent to an activating group) is 1. The van der Waals surface area contributed by atoms with Crippen molar-refractivity contribution in [3.8, 4) is 0 Å². The van der Waals surface area contributed by atoms with Gasteiger partial charge in [-0.15, -0.1) is 0 Å². The van der Waals surface area contributed by atoms with E-state index in [1.807, 2.05) is 0 Å². The molecule has 18 heavy (non-hydrogen) atoms. The van der Waals surface area contributed by atoms with E-state index in [9.17, 15) is 0 Å². The second kappa shape index (κ2) is 8.28. The molecule has 1 aromatic carbocycles. The van der Waals surface area contributed by atoms with Crippen molar-refractivity contribution in [2.24, 2.45) is 5.92 Å². The van der Waals surface area contributed by atoms with Gasteiger partial charge in [0.05, 0.1) is 0 Å². The summed E-state index contributed by atoms with van der Waals surface area (Å²) in [5, 5.41) is 3.36. The van der Waals surface area contributed by atoms with Gasteiger partial charge in [-0.05, 0) is 43.6 Å². The number of rotatable bonds is 8. The molecule has 2 heteroatoms. The Balaban J connectivity index is 2.39. The fraction of sp³-hybridized carbons (Fsp3) is 0.625. The van der Waals surface area contributed by atoms with E-state index in [0.717, 1.165) is 38.5 Å². The highest BCUT2D eigenvalue weighted by atomic mass is 15.1. The summed E-state index contributed by atoms with van der Waals surface area (Å²) in [6, 6.07) is 9.04. The second-order valence-electron chi connectivity index (χ2n) is 5.51. The molecule has 2 nitrogen and oxygen atoms in total. The molecule has 1 N–H and O–H groups in total. The van der Waals surface area contributed by atoms with E-state index >= 15 is 0 Å². The average molecular weight is 248 g/mol. The minimum Gasteiger partial charge on any atom is -0.317 e. The van der Waals surface area contributed by atoms with E-state index in [0.29, 0.717) is 0 Å². The molecule has 0 spiro atoms. The fourth-order valence-electron chi connectivity index (χ4n) is 2.22. The third-order valence-corrected chi connectivity index (χ3v) is 2.99. The minimum absolute atomic E-state index is 0.731. The van der Waals surface area contributed by atoms with E-state index in [2.05, 4.69) is 62.3 Å². The summed E-state index contributed by atoms with van der Waals surface area (Å²) >= 11 is 0. The van der Waals surface area contributed by atoms with Crippen LogP contribution in [0.3, 0.4) is 0 Å². The smallest absolute Gasteiger partial charge is 0.0230 e. The quantitative estimate of drug-likeness (QED) is 0.712. The molecule has 0 bridgehead atoms. The van der Waals surface area contributed by atoms with Crippen LogP contribution in [0.4, 0.5) is 0 Å². The molecule has 0 aliphatic carbocycles. The van der Waals surface area contributed by atoms with Gasteiger partial charge in [0.1, 0.15) is 0 Å². The molecule has 0 atom stereocenters. The van der Waals surface area contributed by atoms with Crippen molar-refractivity contribution in [2.45, 2.75) is 33.7 Å². The minimum atomic E-state index is 0.731. The van der Waals surface area contributed by atoms with Gasteiger partial charge in [0.2, 0.25) is 0 Å². The van der Waals surface area contributed by atoms with Crippen LogP contribution in [-0.4, -0.2) is 31.6 Å². The van der Waals surface area contributed by atoms with E-state index < -0.39 is 0 Å². The molecule has 0 amide bonds. The number of hydrogen-bond acceptors (Lipinski definition) is 2. The van der Waals surface area contributed by atoms with Crippen molar-refractivity contribution in [3.05, 3.63) is 35.4 Å². The van der Waals surface area contributed by atoms with Crippen molar-refractivity contribution in [1.82, 2.24) is 10.2 Å². The normalized spacial score (nSPS) is 11.4. The van der Waals surface area contributed by atoms with Crippen molar-refractivity contribution in [3.63, 3.8) is 0 Å². The average Bonchev–Trinajstić information content (AvgIpc) is 2.30. The third-order valence-electron chi connectivity index (χ3n) is 2.99. The fourth-order valence-corrected chi connectivity index (χ4v) is 2.22. The molecule has 0 aliphatic heterocycles. The van der Waals surface area contributed by atoms with Gasteiger partial charge >= 0.3 is 0 Å². The highest BCUT2D eigenvalue weighted by molar-refractivity contribution is 5.22. The van der Waals surface area contributed by atoms with Gasteiger partial charge < -0.3 is 10.2 Å². The van der Waals surface area contributed by atoms with Gasteiger partial charge in [0.25, 0.3) is 0 Å². The lowest BCUT2D eigenvalue weighted by Gasteiger charge is -2.19. The number of benzene rings is 1. The van der Waals surface area contributed by atoms with E-state index in [4.69, 9.17) is 0 Å². The van der Waals surface area contributed by atoms with Crippen LogP contribution in [0.2, 0.25) is 0 Å². The Morgan fingerprint density at radius 1 is 1.11 bits per heavy atom. The maximum absolute atomic E-state index is 3.36. The largest absolute Gasteiger partial charge is 0.317 e. The molecule has 0 saturated heterocycles. The number of hydrogen-bond donors (Lipinski definition) is 1. The van der Waals surface area contributed by atoms with Crippen LogP contribution in [0.1, 0.15) is 31.9 Å². The highest BCUT2D eigenvalue weighted by Gasteiger charge is 2.03. The molecular formula is C16H28N2. The van der Waals surface area contributed by atoms with Crippen LogP contribution < -0.4 is 5.32 Å². The van der Waals surface area contributed by atoms with Crippen molar-refractivity contribution >= 4 is 0 Å². The van der Waals surface area contributed by atoms with Crippen LogP contribution in [0.15, 0.2) is 24.3 Å². The molecule has 0 heterocycles. The Morgan fingerprint density at radius 3 is 2.28 bits per heavy atom. The summed E-state index contributed by atoms with van der Waals surface area (Å²) in [7, 11) is 2.19. The maximum atomic E-state index is 3.36. The van der Waals surface area contributed by atoms with E-state index in [1.165, 1.54) is 11.1 Å². The maximum Gasteiger partial charge on any atom is 0.0230 e. The van der Waals surface area contributed by atoms with Crippen LogP contribution >= 0.6 is 0 Å². The van der Waals surface area contributed by atoms with Gasteiger partial charge in [0.15, 0.2) is 0 Å². The lowest BCUT2D eigenvalue weighted by atomic mass is 10.1. The van der Waals surface area contributed by atoms with E-state index in [1.54, 1.807) is 0 Å². The molecule has 1 aromatic rings. The summed E-state index contributed by atoms with van der Waals surface area (Å²) in [4.78, 5) is 2.39. The summed E-state index contributed by atoms with van der Waals surface area (Å²) in [5.74, 6) is 0.731. The summed E-state index contributed by atoms with van der Waals surface area (Å²) in [5.41, 5.74) is 2.83. The Kier molecular flexibility index (Phi) is 6.99. The lowest BCUT2D eigenvalue weighted by Crippen LogP contribution is -2.22. The molecule has 0 radical (unpaired) electrons. The monoisotopic (exact) mass is 248 g/mol. The van der Waals surface area contributed by atoms with Gasteiger partial charge in [-0.2, -0.15) is 0 Å². The molecule has 0 fully saturated rings. The second-order valence-corrected chi connectivity index (χ2v) is 5.51. The summed E-state index contributed by atoms with van der Waals surface area (Å²) in [6.45, 7) is 11.0. The zero-order chi connectivity index (χ0) is 13.4. The number of nitrogens with one attached hydrogen (secondary N) is 1. The Labute approximate surface area is 112 Å². The van der Waals surface area contributed by atoms with Crippen LogP contribution in [0.5, 0.6) is 0 Å². The predicted octanol–water partition coefficient (Wildman–Crippen LogP) is 2.93. The first-order valence-electron chi connectivity index (χ1n) is 7.09. The van der Waals surface area contributed by atoms with Crippen molar-refractivity contribution in [1.29, 1.82) is 0 Å². The van der Waals surface area contributed by atoms with Gasteiger partial charge in [0, 0.05) is 13.1 Å². The van der Waals surface area contributed by atoms with Crippen LogP contribution in [0.25, 0.3) is 0 Å². The van der Waals surface area contributed by atoms with Crippen LogP contribution in [0, 0.1) is 5.92 Å². The zero-order valence-electron chi connectivity index (χ0n) is 12.4. The summed E-state index contributed by atoms with van der Waals surface area (Å²) in [6.07, 6.45) is 1.12. The zero-order valence-corrected chi connectivity index (χ0v) is 12.4. The highest BCUT2D eigenvalue weighted by Crippen LogP contribution is 2.08. The van der Waals surface area contributed by atoms with Gasteiger partial charge in [-0.3, -0.25) is 0 Å². The first-order valence-corrected chi connectivity index (χ1v) is 7.09. The molecule has 0 saturated carbocycles. The summed E-state index contributed by atoms with van der Waals surface area (Å²) < 4.78 is 0. The number of nitrogens with zero attached hydrogens (tertiary/aromatic N) is 1. The molecule has 1 rings (SSSR count). The van der Waals surface area contributed by atoms with Gasteiger partial charge in [-0.1, -0.05) is 45.0 Å².